The van der Waals surface area contributed by atoms with E-state index >= 15 is 0 Å². The Kier molecular flexibility index (Phi) is 5.60. The van der Waals surface area contributed by atoms with Crippen molar-refractivity contribution in [3.8, 4) is 11.1 Å². The second-order valence-electron chi connectivity index (χ2n) is 6.71. The summed E-state index contributed by atoms with van der Waals surface area (Å²) in [5.41, 5.74) is -2.12. The van der Waals surface area contributed by atoms with Crippen molar-refractivity contribution < 1.29 is 18.0 Å². The predicted molar refractivity (Wildman–Crippen MR) is 116 cm³/mol. The van der Waals surface area contributed by atoms with E-state index in [-0.39, 0.29) is 28.2 Å². The fraction of sp³-hybridized carbons (Fsp3) is 0.0909. The van der Waals surface area contributed by atoms with Gasteiger partial charge in [0.1, 0.15) is 5.69 Å². The molecule has 0 saturated heterocycles. The van der Waals surface area contributed by atoms with E-state index in [9.17, 15) is 22.8 Å². The smallest absolute Gasteiger partial charge is 0.350 e. The first-order valence-electron chi connectivity index (χ1n) is 9.08. The summed E-state index contributed by atoms with van der Waals surface area (Å²) in [5, 5.41) is 4.00. The maximum atomic E-state index is 13.9. The number of carbonyl (C=O) groups excluding carboxylic acids is 1. The van der Waals surface area contributed by atoms with E-state index in [0.717, 1.165) is 17.0 Å². The first-order chi connectivity index (χ1) is 14.8. The van der Waals surface area contributed by atoms with Crippen molar-refractivity contribution in [2.45, 2.75) is 12.7 Å². The van der Waals surface area contributed by atoms with Crippen molar-refractivity contribution in [2.75, 3.05) is 0 Å². The number of thiophene rings is 1. The lowest BCUT2D eigenvalue weighted by atomic mass is 9.98. The summed E-state index contributed by atoms with van der Waals surface area (Å²) in [6.07, 6.45) is -4.78. The van der Waals surface area contributed by atoms with Crippen LogP contribution in [0.2, 0.25) is 5.02 Å². The van der Waals surface area contributed by atoms with E-state index in [2.05, 4.69) is 10.3 Å². The van der Waals surface area contributed by atoms with E-state index in [1.165, 1.54) is 11.3 Å². The van der Waals surface area contributed by atoms with Crippen molar-refractivity contribution >= 4 is 39.7 Å². The van der Waals surface area contributed by atoms with Crippen molar-refractivity contribution in [1.29, 1.82) is 0 Å². The molecule has 0 atom stereocenters. The Balaban J connectivity index is 1.87. The molecule has 31 heavy (non-hydrogen) atoms. The van der Waals surface area contributed by atoms with E-state index in [1.807, 2.05) is 11.4 Å². The van der Waals surface area contributed by atoms with Gasteiger partial charge in [0, 0.05) is 16.5 Å². The summed E-state index contributed by atoms with van der Waals surface area (Å²) in [5.74, 6) is -0.691. The minimum Gasteiger partial charge on any atom is -0.350 e. The maximum absolute atomic E-state index is 13.9. The van der Waals surface area contributed by atoms with Gasteiger partial charge in [-0.25, -0.2) is 0 Å². The van der Waals surface area contributed by atoms with Crippen LogP contribution in [0.25, 0.3) is 22.0 Å². The Morgan fingerprint density at radius 3 is 2.48 bits per heavy atom. The van der Waals surface area contributed by atoms with Crippen LogP contribution in [-0.2, 0) is 12.7 Å². The number of H-pyrrole nitrogens is 1. The number of carbonyl (C=O) groups is 1. The summed E-state index contributed by atoms with van der Waals surface area (Å²) in [7, 11) is 0. The van der Waals surface area contributed by atoms with E-state index in [4.69, 9.17) is 11.6 Å². The number of pyridine rings is 1. The highest BCUT2D eigenvalue weighted by atomic mass is 35.5. The first-order valence-corrected chi connectivity index (χ1v) is 10.3. The zero-order valence-electron chi connectivity index (χ0n) is 15.7. The third kappa shape index (κ3) is 4.22. The van der Waals surface area contributed by atoms with Crippen molar-refractivity contribution in [3.63, 3.8) is 0 Å². The SMILES string of the molecule is O=C(NCc1cccs1)c1cc(=O)c2c(Cl)c(-c3ccccc3)cc(C(F)(F)F)c2[nH]1. The summed E-state index contributed by atoms with van der Waals surface area (Å²) < 4.78 is 41.6. The maximum Gasteiger partial charge on any atom is 0.418 e. The number of nitrogens with one attached hydrogen (secondary N) is 2. The molecular weight excluding hydrogens is 449 g/mol. The first kappa shape index (κ1) is 21.1. The van der Waals surface area contributed by atoms with Crippen LogP contribution in [0.15, 0.2) is 64.8 Å². The molecule has 1 amide bonds. The number of aromatic amines is 1. The van der Waals surface area contributed by atoms with Crippen LogP contribution in [0.1, 0.15) is 20.9 Å². The topological polar surface area (TPSA) is 62.0 Å². The summed E-state index contributed by atoms with van der Waals surface area (Å²) in [6.45, 7) is 0.191. The standard InChI is InChI=1S/C22H14ClF3N2O2S/c23-19-14(12-5-2-1-3-6-12)9-15(22(24,25)26)20-18(19)17(29)10-16(28-20)21(30)27-11-13-7-4-8-31-13/h1-10H,11H2,(H,27,30)(H,28,29). The number of benzene rings is 2. The molecule has 0 radical (unpaired) electrons. The molecule has 0 fully saturated rings. The second kappa shape index (κ2) is 8.20. The Labute approximate surface area is 183 Å². The van der Waals surface area contributed by atoms with Crippen molar-refractivity contribution in [3.05, 3.63) is 91.4 Å². The molecule has 4 nitrogen and oxygen atoms in total. The molecule has 2 N–H and O–H groups in total. The number of fused-ring (bicyclic) bond motifs is 1. The summed E-state index contributed by atoms with van der Waals surface area (Å²) >= 11 is 7.80. The highest BCUT2D eigenvalue weighted by Crippen LogP contribution is 2.41. The molecule has 4 rings (SSSR count). The Bertz CT molecular complexity index is 1320. The minimum absolute atomic E-state index is 0.0856. The molecule has 2 aromatic heterocycles. The minimum atomic E-state index is -4.78. The lowest BCUT2D eigenvalue weighted by molar-refractivity contribution is -0.136. The largest absolute Gasteiger partial charge is 0.418 e. The van der Waals surface area contributed by atoms with Crippen LogP contribution in [0.5, 0.6) is 0 Å². The van der Waals surface area contributed by atoms with Crippen molar-refractivity contribution in [1.82, 2.24) is 10.3 Å². The molecule has 0 unspecified atom stereocenters. The Morgan fingerprint density at radius 2 is 1.84 bits per heavy atom. The molecule has 0 bridgehead atoms. The van der Waals surface area contributed by atoms with Gasteiger partial charge in [-0.15, -0.1) is 11.3 Å². The van der Waals surface area contributed by atoms with Crippen LogP contribution >= 0.6 is 22.9 Å². The molecule has 2 aromatic carbocycles. The van der Waals surface area contributed by atoms with Gasteiger partial charge in [0.25, 0.3) is 5.91 Å². The summed E-state index contributed by atoms with van der Waals surface area (Å²) in [4.78, 5) is 28.6. The molecule has 158 valence electrons. The van der Waals surface area contributed by atoms with E-state index in [1.54, 1.807) is 36.4 Å². The molecule has 0 saturated carbocycles. The normalized spacial score (nSPS) is 11.6. The van der Waals surface area contributed by atoms with Crippen LogP contribution in [-0.4, -0.2) is 10.9 Å². The average Bonchev–Trinajstić information content (AvgIpc) is 3.25. The fourth-order valence-corrected chi connectivity index (χ4v) is 4.24. The number of amides is 1. The number of aromatic nitrogens is 1. The monoisotopic (exact) mass is 462 g/mol. The van der Waals surface area contributed by atoms with Gasteiger partial charge in [-0.1, -0.05) is 48.0 Å². The molecule has 0 aliphatic rings. The van der Waals surface area contributed by atoms with Gasteiger partial charge >= 0.3 is 6.18 Å². The van der Waals surface area contributed by atoms with Crippen LogP contribution in [0, 0.1) is 0 Å². The van der Waals surface area contributed by atoms with E-state index < -0.39 is 28.6 Å². The van der Waals surface area contributed by atoms with Crippen LogP contribution in [0.3, 0.4) is 0 Å². The molecule has 0 aliphatic heterocycles. The lowest BCUT2D eigenvalue weighted by Crippen LogP contribution is -2.25. The highest BCUT2D eigenvalue weighted by Gasteiger charge is 2.35. The summed E-state index contributed by atoms with van der Waals surface area (Å²) in [6, 6.07) is 13.7. The van der Waals surface area contributed by atoms with Crippen LogP contribution < -0.4 is 10.7 Å². The molecule has 0 aliphatic carbocycles. The molecule has 0 spiro atoms. The average molecular weight is 463 g/mol. The van der Waals surface area contributed by atoms with Gasteiger partial charge in [-0.3, -0.25) is 9.59 Å². The molecule has 9 heteroatoms. The van der Waals surface area contributed by atoms with Gasteiger partial charge in [0.05, 0.1) is 28.0 Å². The zero-order valence-corrected chi connectivity index (χ0v) is 17.3. The van der Waals surface area contributed by atoms with E-state index in [0.29, 0.717) is 5.56 Å². The quantitative estimate of drug-likeness (QED) is 0.399. The predicted octanol–water partition coefficient (Wildman–Crippen LogP) is 5.86. The van der Waals surface area contributed by atoms with Gasteiger partial charge in [0.2, 0.25) is 0 Å². The molecule has 4 aromatic rings. The van der Waals surface area contributed by atoms with Gasteiger partial charge in [0.15, 0.2) is 5.43 Å². The molecule has 2 heterocycles. The number of alkyl halides is 3. The highest BCUT2D eigenvalue weighted by molar-refractivity contribution is 7.09. The van der Waals surface area contributed by atoms with Gasteiger partial charge < -0.3 is 10.3 Å². The number of rotatable bonds is 4. The van der Waals surface area contributed by atoms with Gasteiger partial charge in [-0.05, 0) is 23.1 Å². The second-order valence-corrected chi connectivity index (χ2v) is 8.12. The number of hydrogen-bond acceptors (Lipinski definition) is 3. The van der Waals surface area contributed by atoms with Gasteiger partial charge in [-0.2, -0.15) is 13.2 Å². The third-order valence-electron chi connectivity index (χ3n) is 4.68. The number of hydrogen-bond donors (Lipinski definition) is 2. The Morgan fingerprint density at radius 1 is 1.10 bits per heavy atom. The Hall–Kier alpha value is -3.10. The zero-order chi connectivity index (χ0) is 22.2. The van der Waals surface area contributed by atoms with Crippen LogP contribution in [0.4, 0.5) is 13.2 Å². The number of halogens is 4. The van der Waals surface area contributed by atoms with Crippen molar-refractivity contribution in [2.24, 2.45) is 0 Å². The fourth-order valence-electron chi connectivity index (χ4n) is 3.24. The third-order valence-corrected chi connectivity index (χ3v) is 5.95. The lowest BCUT2D eigenvalue weighted by Gasteiger charge is -2.16. The molecular formula is C22H14ClF3N2O2S.